The molecule has 1 atom stereocenters. The summed E-state index contributed by atoms with van der Waals surface area (Å²) in [5, 5.41) is 1.08. The van der Waals surface area contributed by atoms with Crippen LogP contribution in [0.1, 0.15) is 17.0 Å². The molecule has 0 heterocycles. The maximum absolute atomic E-state index is 13.1. The van der Waals surface area contributed by atoms with Crippen LogP contribution in [0.15, 0.2) is 48.5 Å². The first-order valence-electron chi connectivity index (χ1n) is 8.85. The Bertz CT molecular complexity index is 928. The number of fused-ring (bicyclic) bond motifs is 3. The Hall–Kier alpha value is -3.11. The van der Waals surface area contributed by atoms with Crippen molar-refractivity contribution in [3.63, 3.8) is 0 Å². The van der Waals surface area contributed by atoms with E-state index >= 15 is 0 Å². The minimum atomic E-state index is -6.03. The first kappa shape index (κ1) is 22.6. The molecule has 0 aromatic heterocycles. The van der Waals surface area contributed by atoms with Crippen LogP contribution in [0.25, 0.3) is 11.1 Å². The molecule has 0 spiro atoms. The third-order valence-corrected chi connectivity index (χ3v) is 4.90. The quantitative estimate of drug-likeness (QED) is 0.509. The van der Waals surface area contributed by atoms with E-state index in [4.69, 9.17) is 4.74 Å². The molecule has 4 nitrogen and oxygen atoms in total. The predicted molar refractivity (Wildman–Crippen MR) is 93.7 cm³/mol. The molecule has 1 amide bonds. The van der Waals surface area contributed by atoms with Crippen molar-refractivity contribution in [3.8, 4) is 11.1 Å². The first-order chi connectivity index (χ1) is 14.4. The second kappa shape index (κ2) is 8.20. The highest BCUT2D eigenvalue weighted by Gasteiger charge is 2.63. The molecular weight excluding hydrogens is 435 g/mol. The molecule has 1 aliphatic carbocycles. The minimum absolute atomic E-state index is 0.449. The average molecular weight is 449 g/mol. The summed E-state index contributed by atoms with van der Waals surface area (Å²) in [6.45, 7) is -0.449. The lowest BCUT2D eigenvalue weighted by Crippen LogP contribution is -2.55. The second-order valence-corrected chi connectivity index (χ2v) is 6.81. The summed E-state index contributed by atoms with van der Waals surface area (Å²) in [6.07, 6.45) is -13.8. The predicted octanol–water partition coefficient (Wildman–Crippen LogP) is 5.13. The number of ether oxygens (including phenoxy) is 1. The molecular formula is C20H14F7NO3. The molecule has 1 aliphatic rings. The lowest BCUT2D eigenvalue weighted by atomic mass is 9.98. The number of alkyl carbamates (subject to hydrolysis) is 1. The van der Waals surface area contributed by atoms with Crippen LogP contribution in [0.5, 0.6) is 0 Å². The maximum Gasteiger partial charge on any atom is 0.407 e. The zero-order chi connectivity index (χ0) is 23.0. The van der Waals surface area contributed by atoms with Crippen molar-refractivity contribution >= 4 is 12.1 Å². The van der Waals surface area contributed by atoms with Crippen molar-refractivity contribution in [1.29, 1.82) is 0 Å². The van der Waals surface area contributed by atoms with Gasteiger partial charge in [0.1, 0.15) is 12.6 Å². The number of halogens is 7. The molecule has 3 rings (SSSR count). The summed E-state index contributed by atoms with van der Waals surface area (Å²) in [7, 11) is 0. The minimum Gasteiger partial charge on any atom is -0.449 e. The van der Waals surface area contributed by atoms with Gasteiger partial charge in [-0.3, -0.25) is 4.79 Å². The fraction of sp³-hybridized carbons (Fsp3) is 0.300. The van der Waals surface area contributed by atoms with Crippen LogP contribution >= 0.6 is 0 Å². The largest absolute Gasteiger partial charge is 0.449 e. The van der Waals surface area contributed by atoms with Crippen molar-refractivity contribution in [2.45, 2.75) is 24.3 Å². The molecule has 0 unspecified atom stereocenters. The molecule has 2 aromatic carbocycles. The Labute approximate surface area is 171 Å². The van der Waals surface area contributed by atoms with Crippen LogP contribution in [0.3, 0.4) is 0 Å². The number of rotatable bonds is 5. The Morgan fingerprint density at radius 1 is 0.871 bits per heavy atom. The smallest absolute Gasteiger partial charge is 0.407 e. The molecule has 0 fully saturated rings. The number of hydrogen-bond donors (Lipinski definition) is 1. The highest BCUT2D eigenvalue weighted by Crippen LogP contribution is 2.45. The van der Waals surface area contributed by atoms with Crippen molar-refractivity contribution in [2.24, 2.45) is 5.92 Å². The molecule has 31 heavy (non-hydrogen) atoms. The number of benzene rings is 2. The topological polar surface area (TPSA) is 55.4 Å². The Balaban J connectivity index is 1.77. The van der Waals surface area contributed by atoms with Gasteiger partial charge in [0.25, 0.3) is 0 Å². The van der Waals surface area contributed by atoms with Gasteiger partial charge in [-0.2, -0.15) is 30.7 Å². The number of carbonyl (C=O) groups is 2. The van der Waals surface area contributed by atoms with E-state index in [1.165, 1.54) is 0 Å². The van der Waals surface area contributed by atoms with Gasteiger partial charge in [0.05, 0.1) is 0 Å². The lowest BCUT2D eigenvalue weighted by molar-refractivity contribution is -0.290. The SMILES string of the molecule is O=C(N[C@H](C(=O)F)C(C(F)(F)F)C(F)(F)F)OCC1c2ccccc2-c2ccccc21. The fourth-order valence-corrected chi connectivity index (χ4v) is 3.60. The number of amides is 1. The molecule has 2 aromatic rings. The first-order valence-corrected chi connectivity index (χ1v) is 8.85. The van der Waals surface area contributed by atoms with E-state index in [0.717, 1.165) is 27.6 Å². The molecule has 0 saturated carbocycles. The molecule has 166 valence electrons. The van der Waals surface area contributed by atoms with Gasteiger partial charge in [-0.05, 0) is 22.3 Å². The standard InChI is InChI=1S/C20H14F7NO3/c21-17(29)15(16(19(22,23)24)20(25,26)27)28-18(30)31-9-14-12-7-3-1-5-10(12)11-6-2-4-8-13(11)14/h1-8,14-16H,9H2,(H,28,30)/t15-/m0/s1. The molecule has 0 bridgehead atoms. The van der Waals surface area contributed by atoms with Crippen molar-refractivity contribution in [1.82, 2.24) is 5.32 Å². The van der Waals surface area contributed by atoms with Gasteiger partial charge in [0.2, 0.25) is 0 Å². The van der Waals surface area contributed by atoms with E-state index in [9.17, 15) is 40.3 Å². The Kier molecular flexibility index (Phi) is 5.97. The number of alkyl halides is 6. The summed E-state index contributed by atoms with van der Waals surface area (Å²) in [5.41, 5.74) is 3.13. The second-order valence-electron chi connectivity index (χ2n) is 6.81. The van der Waals surface area contributed by atoms with Gasteiger partial charge >= 0.3 is 24.5 Å². The molecule has 1 N–H and O–H groups in total. The normalized spacial score (nSPS) is 14.7. The summed E-state index contributed by atoms with van der Waals surface area (Å²) in [5.74, 6) is -4.96. The highest BCUT2D eigenvalue weighted by atomic mass is 19.4. The van der Waals surface area contributed by atoms with E-state index < -0.39 is 49.0 Å². The summed E-state index contributed by atoms with van der Waals surface area (Å²) in [6, 6.07) is 7.56. The Morgan fingerprint density at radius 3 is 1.74 bits per heavy atom. The summed E-state index contributed by atoms with van der Waals surface area (Å²) in [4.78, 5) is 22.8. The number of carbonyl (C=O) groups excluding carboxylic acids is 2. The van der Waals surface area contributed by atoms with Gasteiger partial charge < -0.3 is 10.1 Å². The van der Waals surface area contributed by atoms with Crippen LogP contribution in [0.4, 0.5) is 35.5 Å². The van der Waals surface area contributed by atoms with Gasteiger partial charge in [-0.15, -0.1) is 0 Å². The van der Waals surface area contributed by atoms with Crippen LogP contribution in [-0.2, 0) is 9.53 Å². The van der Waals surface area contributed by atoms with Crippen LogP contribution in [0.2, 0.25) is 0 Å². The van der Waals surface area contributed by atoms with Gasteiger partial charge in [-0.1, -0.05) is 48.5 Å². The van der Waals surface area contributed by atoms with Crippen LogP contribution in [0, 0.1) is 5.92 Å². The monoisotopic (exact) mass is 449 g/mol. The molecule has 0 saturated heterocycles. The average Bonchev–Trinajstić information content (AvgIpc) is 2.97. The van der Waals surface area contributed by atoms with Crippen LogP contribution in [-0.4, -0.2) is 37.1 Å². The summed E-state index contributed by atoms with van der Waals surface area (Å²) < 4.78 is 94.7. The van der Waals surface area contributed by atoms with Gasteiger partial charge in [-0.25, -0.2) is 4.79 Å². The van der Waals surface area contributed by atoms with Crippen molar-refractivity contribution in [3.05, 3.63) is 59.7 Å². The molecule has 0 aliphatic heterocycles. The fourth-order valence-electron chi connectivity index (χ4n) is 3.60. The molecule has 0 radical (unpaired) electrons. The molecule has 11 heteroatoms. The van der Waals surface area contributed by atoms with Crippen LogP contribution < -0.4 is 5.32 Å². The lowest BCUT2D eigenvalue weighted by Gasteiger charge is -2.28. The van der Waals surface area contributed by atoms with E-state index in [2.05, 4.69) is 0 Å². The third kappa shape index (κ3) is 4.64. The summed E-state index contributed by atoms with van der Waals surface area (Å²) >= 11 is 0. The highest BCUT2D eigenvalue weighted by molar-refractivity contribution is 5.82. The third-order valence-electron chi connectivity index (χ3n) is 4.90. The number of hydrogen-bond acceptors (Lipinski definition) is 3. The zero-order valence-corrected chi connectivity index (χ0v) is 15.4. The van der Waals surface area contributed by atoms with Gasteiger partial charge in [0.15, 0.2) is 5.92 Å². The van der Waals surface area contributed by atoms with Crippen molar-refractivity contribution < 1.29 is 45.1 Å². The van der Waals surface area contributed by atoms with E-state index in [1.807, 2.05) is 12.1 Å². The Morgan fingerprint density at radius 2 is 1.32 bits per heavy atom. The zero-order valence-electron chi connectivity index (χ0n) is 15.4. The van der Waals surface area contributed by atoms with Gasteiger partial charge in [0, 0.05) is 5.92 Å². The van der Waals surface area contributed by atoms with E-state index in [1.54, 1.807) is 36.4 Å². The van der Waals surface area contributed by atoms with E-state index in [0.29, 0.717) is 0 Å². The van der Waals surface area contributed by atoms with Crippen molar-refractivity contribution in [2.75, 3.05) is 6.61 Å². The van der Waals surface area contributed by atoms with E-state index in [-0.39, 0.29) is 0 Å². The number of nitrogens with one attached hydrogen (secondary N) is 1. The maximum atomic E-state index is 13.1.